The molecule has 45 heavy (non-hydrogen) atoms. The van der Waals surface area contributed by atoms with Crippen LogP contribution in [0.3, 0.4) is 0 Å². The molecule has 6 nitrogen and oxygen atoms in total. The van der Waals surface area contributed by atoms with Crippen molar-refractivity contribution in [2.45, 2.75) is 156 Å². The average Bonchev–Trinajstić information content (AvgIpc) is 2.98. The number of carbonyl (C=O) groups is 1. The van der Waals surface area contributed by atoms with E-state index >= 15 is 0 Å². The maximum Gasteiger partial charge on any atom is 0.243 e. The van der Waals surface area contributed by atoms with Gasteiger partial charge < -0.3 is 23.4 Å². The molecule has 3 aliphatic rings. The molecule has 0 aromatic carbocycles. The van der Waals surface area contributed by atoms with Gasteiger partial charge in [0.05, 0.1) is 12.0 Å². The predicted octanol–water partition coefficient (Wildman–Crippen LogP) is 9.41. The third-order valence-electron chi connectivity index (χ3n) is 13.5. The van der Waals surface area contributed by atoms with Crippen LogP contribution in [-0.4, -0.2) is 59.7 Å². The molecule has 0 spiro atoms. The first kappa shape index (κ1) is 38.7. The Kier molecular flexibility index (Phi) is 12.0. The summed E-state index contributed by atoms with van der Waals surface area (Å²) in [6, 6.07) is 3.40. The molecule has 1 aliphatic heterocycles. The van der Waals surface area contributed by atoms with Gasteiger partial charge in [0.25, 0.3) is 0 Å². The second kappa shape index (κ2) is 14.0. The lowest BCUT2D eigenvalue weighted by Crippen LogP contribution is -2.64. The van der Waals surface area contributed by atoms with E-state index in [1.165, 1.54) is 0 Å². The third kappa shape index (κ3) is 6.89. The fourth-order valence-electron chi connectivity index (χ4n) is 9.13. The molecule has 2 saturated carbocycles. The maximum absolute atomic E-state index is 14.2. The smallest absolute Gasteiger partial charge is 0.243 e. The summed E-state index contributed by atoms with van der Waals surface area (Å²) in [5.74, 6) is -1.39. The minimum absolute atomic E-state index is 0.0138. The van der Waals surface area contributed by atoms with E-state index in [0.29, 0.717) is 17.3 Å². The number of hydrogen-bond acceptors (Lipinski definition) is 6. The van der Waals surface area contributed by atoms with Gasteiger partial charge in [0.15, 0.2) is 22.4 Å². The molecule has 0 amide bonds. The maximum atomic E-state index is 14.2. The van der Waals surface area contributed by atoms with E-state index in [-0.39, 0.29) is 40.3 Å². The molecule has 0 aromatic heterocycles. The summed E-state index contributed by atoms with van der Waals surface area (Å²) in [6.07, 6.45) is 5.97. The Morgan fingerprint density at radius 1 is 1.04 bits per heavy atom. The average molecular weight is 665 g/mol. The van der Waals surface area contributed by atoms with Gasteiger partial charge in [-0.15, -0.1) is 0 Å². The summed E-state index contributed by atoms with van der Waals surface area (Å²) in [6.45, 7) is 32.1. The Labute approximate surface area is 278 Å². The van der Waals surface area contributed by atoms with Gasteiger partial charge in [0, 0.05) is 25.2 Å². The summed E-state index contributed by atoms with van der Waals surface area (Å²) in [7, 11) is -2.18. The lowest BCUT2D eigenvalue weighted by molar-refractivity contribution is -0.271. The number of aliphatic hydroxyl groups is 1. The van der Waals surface area contributed by atoms with E-state index < -0.39 is 28.3 Å². The van der Waals surface area contributed by atoms with Crippen molar-refractivity contribution in [1.82, 2.24) is 0 Å². The molecule has 1 N–H and O–H groups in total. The van der Waals surface area contributed by atoms with E-state index in [2.05, 4.69) is 75.1 Å². The number of rotatable bonds is 13. The number of methoxy groups -OCH3 is 1. The Balaban J connectivity index is 2.08. The van der Waals surface area contributed by atoms with E-state index in [0.717, 1.165) is 68.8 Å². The fourth-order valence-corrected chi connectivity index (χ4v) is 13.2. The first-order chi connectivity index (χ1) is 20.8. The van der Waals surface area contributed by atoms with Gasteiger partial charge in [0.2, 0.25) is 5.79 Å². The van der Waals surface area contributed by atoms with Crippen LogP contribution in [0.4, 0.5) is 0 Å². The van der Waals surface area contributed by atoms with Crippen molar-refractivity contribution in [3.8, 4) is 0 Å². The zero-order chi connectivity index (χ0) is 34.2. The largest absolute Gasteiger partial charge is 0.463 e. The molecule has 0 aromatic rings. The molecule has 260 valence electrons. The molecular formula is C37H68O6Si2. The SMILES string of the molecule is C=C1CC[C@H]2[C@](C)(CCCO[Si](C)(C)C(C)(C)C)[C@H](O[Si](CC)(CC)CC)CC[C@]2(C)[C@@H]1C1C(=O)C(C)=C(C)OC1(CO)OC. The normalized spacial score (nSPS) is 35.0. The molecule has 1 heterocycles. The number of aliphatic hydroxyl groups excluding tert-OH is 1. The summed E-state index contributed by atoms with van der Waals surface area (Å²) in [5.41, 5.74) is 1.38. The van der Waals surface area contributed by atoms with Gasteiger partial charge in [-0.2, -0.15) is 0 Å². The van der Waals surface area contributed by atoms with Crippen molar-refractivity contribution in [3.05, 3.63) is 23.5 Å². The van der Waals surface area contributed by atoms with Gasteiger partial charge in [-0.3, -0.25) is 4.79 Å². The van der Waals surface area contributed by atoms with Gasteiger partial charge in [-0.25, -0.2) is 0 Å². The predicted molar refractivity (Wildman–Crippen MR) is 190 cm³/mol. The first-order valence-corrected chi connectivity index (χ1v) is 23.3. The van der Waals surface area contributed by atoms with Gasteiger partial charge in [-0.1, -0.05) is 67.5 Å². The van der Waals surface area contributed by atoms with Gasteiger partial charge >= 0.3 is 0 Å². The quantitative estimate of drug-likeness (QED) is 0.120. The van der Waals surface area contributed by atoms with Gasteiger partial charge in [-0.05, 0) is 105 Å². The molecular weight excluding hydrogens is 597 g/mol. The van der Waals surface area contributed by atoms with Crippen molar-refractivity contribution >= 4 is 22.4 Å². The number of hydrogen-bond donors (Lipinski definition) is 1. The zero-order valence-electron chi connectivity index (χ0n) is 31.3. The summed E-state index contributed by atoms with van der Waals surface area (Å²) < 4.78 is 26.5. The number of carbonyl (C=O) groups excluding carboxylic acids is 1. The minimum Gasteiger partial charge on any atom is -0.463 e. The summed E-state index contributed by atoms with van der Waals surface area (Å²) >= 11 is 0. The highest BCUT2D eigenvalue weighted by atomic mass is 28.4. The van der Waals surface area contributed by atoms with E-state index in [9.17, 15) is 9.90 Å². The van der Waals surface area contributed by atoms with Crippen LogP contribution in [0.25, 0.3) is 0 Å². The molecule has 0 saturated heterocycles. The third-order valence-corrected chi connectivity index (χ3v) is 22.7. The number of ketones is 1. The molecule has 2 fully saturated rings. The second-order valence-corrected chi connectivity index (χ2v) is 26.2. The molecule has 8 heteroatoms. The highest BCUT2D eigenvalue weighted by Crippen LogP contribution is 2.66. The van der Waals surface area contributed by atoms with E-state index in [4.69, 9.17) is 18.3 Å². The van der Waals surface area contributed by atoms with Crippen molar-refractivity contribution in [3.63, 3.8) is 0 Å². The Hall–Kier alpha value is -0.776. The first-order valence-electron chi connectivity index (χ1n) is 17.8. The lowest BCUT2D eigenvalue weighted by Gasteiger charge is -2.64. The molecule has 7 atom stereocenters. The second-order valence-electron chi connectivity index (χ2n) is 16.6. The van der Waals surface area contributed by atoms with Crippen LogP contribution < -0.4 is 0 Å². The standard InChI is InChI=1S/C37H68O6Si2/c1-15-45(16-2,17-3)43-30-21-23-36(11)29(35(30,10)22-18-24-41-44(13,14)34(7,8)9)20-19-26(4)31(36)32-33(39)27(5)28(6)42-37(32,25-38)40-12/h29-32,38H,4,15-25H2,1-3,5-14H3/t29-,30+,31-,32?,35-,36-,37?/m0/s1. The number of ether oxygens (including phenoxy) is 2. The van der Waals surface area contributed by atoms with Crippen molar-refractivity contribution in [2.75, 3.05) is 20.3 Å². The Morgan fingerprint density at radius 2 is 1.64 bits per heavy atom. The Bertz CT molecular complexity index is 1090. The highest BCUT2D eigenvalue weighted by Gasteiger charge is 2.65. The van der Waals surface area contributed by atoms with Crippen LogP contribution in [0.15, 0.2) is 23.5 Å². The molecule has 3 rings (SSSR count). The number of Topliss-reactive ketones (excluding diaryl/α,β-unsaturated/α-hetero) is 1. The lowest BCUT2D eigenvalue weighted by atomic mass is 9.43. The molecule has 0 bridgehead atoms. The number of allylic oxidation sites excluding steroid dienone is 3. The van der Waals surface area contributed by atoms with E-state index in [1.54, 1.807) is 14.0 Å². The number of fused-ring (bicyclic) bond motifs is 1. The summed E-state index contributed by atoms with van der Waals surface area (Å²) in [5, 5.41) is 10.9. The monoisotopic (exact) mass is 664 g/mol. The zero-order valence-corrected chi connectivity index (χ0v) is 33.3. The minimum atomic E-state index is -1.88. The van der Waals surface area contributed by atoms with Gasteiger partial charge in [0.1, 0.15) is 12.4 Å². The highest BCUT2D eigenvalue weighted by molar-refractivity contribution is 6.74. The van der Waals surface area contributed by atoms with Crippen LogP contribution >= 0.6 is 0 Å². The molecule has 2 aliphatic carbocycles. The van der Waals surface area contributed by atoms with Crippen LogP contribution in [0, 0.1) is 28.6 Å². The Morgan fingerprint density at radius 3 is 2.16 bits per heavy atom. The molecule has 2 unspecified atom stereocenters. The van der Waals surface area contributed by atoms with Crippen molar-refractivity contribution < 1.29 is 28.2 Å². The van der Waals surface area contributed by atoms with Crippen LogP contribution in [0.1, 0.15) is 108 Å². The van der Waals surface area contributed by atoms with Crippen LogP contribution in [0.5, 0.6) is 0 Å². The summed E-state index contributed by atoms with van der Waals surface area (Å²) in [4.78, 5) is 14.2. The topological polar surface area (TPSA) is 74.2 Å². The van der Waals surface area contributed by atoms with E-state index in [1.807, 2.05) is 6.92 Å². The van der Waals surface area contributed by atoms with Crippen molar-refractivity contribution in [1.29, 1.82) is 0 Å². The van der Waals surface area contributed by atoms with Crippen LogP contribution in [0.2, 0.25) is 36.3 Å². The fraction of sp³-hybridized carbons (Fsp3) is 0.865. The van der Waals surface area contributed by atoms with Crippen LogP contribution in [-0.2, 0) is 23.1 Å². The van der Waals surface area contributed by atoms with Crippen molar-refractivity contribution in [2.24, 2.45) is 28.6 Å². The molecule has 0 radical (unpaired) electrons.